The van der Waals surface area contributed by atoms with E-state index < -0.39 is 17.9 Å². The molecule has 4 nitrogen and oxygen atoms in total. The topological polar surface area (TPSA) is 86.7 Å². The van der Waals surface area contributed by atoms with Gasteiger partial charge in [0.25, 0.3) is 0 Å². The van der Waals surface area contributed by atoms with Crippen LogP contribution in [-0.4, -0.2) is 33.3 Å². The van der Waals surface area contributed by atoms with Crippen molar-refractivity contribution in [3.05, 3.63) is 0 Å². The average molecular weight is 201 g/mol. The highest BCUT2D eigenvalue weighted by Gasteiger charge is 2.22. The molecule has 4 heteroatoms. The molecule has 0 bridgehead atoms. The van der Waals surface area contributed by atoms with Crippen LogP contribution >= 0.6 is 0 Å². The number of nitrogens with two attached hydrogens (primary N) is 1. The lowest BCUT2D eigenvalue weighted by molar-refractivity contribution is 0.0346. The second kappa shape index (κ2) is 5.99. The molecule has 0 heterocycles. The second-order valence-electron chi connectivity index (χ2n) is 3.52. The van der Waals surface area contributed by atoms with Crippen LogP contribution in [0.3, 0.4) is 0 Å². The van der Waals surface area contributed by atoms with E-state index in [2.05, 4.69) is 11.8 Å². The lowest BCUT2D eigenvalue weighted by Crippen LogP contribution is -2.41. The average Bonchev–Trinajstić information content (AvgIpc) is 2.00. The Bertz CT molecular complexity index is 215. The van der Waals surface area contributed by atoms with Crippen molar-refractivity contribution in [1.82, 2.24) is 0 Å². The van der Waals surface area contributed by atoms with Gasteiger partial charge >= 0.3 is 0 Å². The first-order chi connectivity index (χ1) is 6.37. The fraction of sp³-hybridized carbons (Fsp3) is 0.800. The summed E-state index contributed by atoms with van der Waals surface area (Å²) in [6.45, 7) is 3.41. The minimum absolute atomic E-state index is 0.000556. The maximum absolute atomic E-state index is 9.49. The summed E-state index contributed by atoms with van der Waals surface area (Å²) in [5.41, 5.74) is 3.69. The molecule has 0 rings (SSSR count). The van der Waals surface area contributed by atoms with Gasteiger partial charge in [0.05, 0.1) is 6.10 Å². The SMILES string of the molecule is CCCC(O)CC(N)(O)C#CC(C)O. The molecule has 3 atom stereocenters. The van der Waals surface area contributed by atoms with Crippen LogP contribution in [0.15, 0.2) is 0 Å². The maximum Gasteiger partial charge on any atom is 0.179 e. The van der Waals surface area contributed by atoms with Crippen molar-refractivity contribution in [2.24, 2.45) is 5.73 Å². The van der Waals surface area contributed by atoms with Crippen molar-refractivity contribution in [2.75, 3.05) is 0 Å². The van der Waals surface area contributed by atoms with Crippen LogP contribution in [0, 0.1) is 11.8 Å². The van der Waals surface area contributed by atoms with E-state index in [1.807, 2.05) is 6.92 Å². The van der Waals surface area contributed by atoms with Gasteiger partial charge in [0.15, 0.2) is 5.72 Å². The van der Waals surface area contributed by atoms with Crippen molar-refractivity contribution >= 4 is 0 Å². The van der Waals surface area contributed by atoms with Gasteiger partial charge in [-0.3, -0.25) is 5.73 Å². The Kier molecular flexibility index (Phi) is 5.73. The lowest BCUT2D eigenvalue weighted by atomic mass is 10.0. The second-order valence-corrected chi connectivity index (χ2v) is 3.52. The molecule has 0 radical (unpaired) electrons. The van der Waals surface area contributed by atoms with Crippen molar-refractivity contribution in [2.45, 2.75) is 51.0 Å². The number of aliphatic hydroxyl groups excluding tert-OH is 2. The molecule has 0 saturated heterocycles. The molecule has 0 amide bonds. The molecule has 82 valence electrons. The molecule has 0 aromatic heterocycles. The minimum Gasteiger partial charge on any atom is -0.393 e. The first-order valence-corrected chi connectivity index (χ1v) is 4.77. The van der Waals surface area contributed by atoms with Crippen LogP contribution < -0.4 is 5.73 Å². The zero-order valence-electron chi connectivity index (χ0n) is 8.70. The molecule has 3 unspecified atom stereocenters. The fourth-order valence-electron chi connectivity index (χ4n) is 1.07. The van der Waals surface area contributed by atoms with Gasteiger partial charge in [0.1, 0.15) is 6.10 Å². The Hall–Kier alpha value is -0.600. The summed E-state index contributed by atoms with van der Waals surface area (Å²) >= 11 is 0. The summed E-state index contributed by atoms with van der Waals surface area (Å²) in [4.78, 5) is 0. The molecule has 0 aliphatic rings. The summed E-state index contributed by atoms with van der Waals surface area (Å²) in [6.07, 6.45) is -0.0796. The highest BCUT2D eigenvalue weighted by molar-refractivity contribution is 5.13. The van der Waals surface area contributed by atoms with Crippen LogP contribution in [0.5, 0.6) is 0 Å². The predicted octanol–water partition coefficient (Wildman–Crippen LogP) is -0.431. The van der Waals surface area contributed by atoms with Crippen LogP contribution in [-0.2, 0) is 0 Å². The highest BCUT2D eigenvalue weighted by Crippen LogP contribution is 2.09. The van der Waals surface area contributed by atoms with Crippen LogP contribution in [0.1, 0.15) is 33.1 Å². The summed E-state index contributed by atoms with van der Waals surface area (Å²) in [5.74, 6) is 4.67. The smallest absolute Gasteiger partial charge is 0.179 e. The first-order valence-electron chi connectivity index (χ1n) is 4.77. The van der Waals surface area contributed by atoms with Gasteiger partial charge in [0, 0.05) is 6.42 Å². The molecule has 0 aliphatic heterocycles. The summed E-state index contributed by atoms with van der Waals surface area (Å²) < 4.78 is 0. The largest absolute Gasteiger partial charge is 0.393 e. The van der Waals surface area contributed by atoms with Crippen LogP contribution in [0.4, 0.5) is 0 Å². The van der Waals surface area contributed by atoms with E-state index in [1.165, 1.54) is 6.92 Å². The van der Waals surface area contributed by atoms with Gasteiger partial charge in [-0.15, -0.1) is 0 Å². The molecule has 0 aliphatic carbocycles. The highest BCUT2D eigenvalue weighted by atomic mass is 16.3. The third-order valence-electron chi connectivity index (χ3n) is 1.67. The Morgan fingerprint density at radius 1 is 1.43 bits per heavy atom. The van der Waals surface area contributed by atoms with Gasteiger partial charge in [-0.1, -0.05) is 19.3 Å². The van der Waals surface area contributed by atoms with E-state index in [0.29, 0.717) is 6.42 Å². The lowest BCUT2D eigenvalue weighted by Gasteiger charge is -2.19. The number of aliphatic hydroxyl groups is 3. The van der Waals surface area contributed by atoms with Gasteiger partial charge in [0.2, 0.25) is 0 Å². The first kappa shape index (κ1) is 13.4. The van der Waals surface area contributed by atoms with Crippen molar-refractivity contribution in [3.63, 3.8) is 0 Å². The number of hydrogen-bond donors (Lipinski definition) is 4. The van der Waals surface area contributed by atoms with Gasteiger partial charge in [-0.2, -0.15) is 0 Å². The fourth-order valence-corrected chi connectivity index (χ4v) is 1.07. The third kappa shape index (κ3) is 6.87. The van der Waals surface area contributed by atoms with Crippen molar-refractivity contribution < 1.29 is 15.3 Å². The molecule has 5 N–H and O–H groups in total. The van der Waals surface area contributed by atoms with E-state index in [1.54, 1.807) is 0 Å². The quantitative estimate of drug-likeness (QED) is 0.367. The van der Waals surface area contributed by atoms with Crippen LogP contribution in [0.25, 0.3) is 0 Å². The standard InChI is InChI=1S/C10H19NO3/c1-3-4-9(13)7-10(11,14)6-5-8(2)12/h8-9,12-14H,3-4,7,11H2,1-2H3. The van der Waals surface area contributed by atoms with E-state index in [0.717, 1.165) is 6.42 Å². The van der Waals surface area contributed by atoms with Gasteiger partial charge in [-0.05, 0) is 19.3 Å². The van der Waals surface area contributed by atoms with Gasteiger partial charge < -0.3 is 15.3 Å². The van der Waals surface area contributed by atoms with E-state index in [4.69, 9.17) is 10.8 Å². The van der Waals surface area contributed by atoms with E-state index in [9.17, 15) is 10.2 Å². The van der Waals surface area contributed by atoms with E-state index in [-0.39, 0.29) is 6.42 Å². The predicted molar refractivity (Wildman–Crippen MR) is 54.1 cm³/mol. The summed E-state index contributed by atoms with van der Waals surface area (Å²) in [5, 5.41) is 27.7. The molecule has 0 fully saturated rings. The Balaban J connectivity index is 4.14. The zero-order chi connectivity index (χ0) is 11.2. The molecule has 0 aromatic rings. The molecule has 14 heavy (non-hydrogen) atoms. The third-order valence-corrected chi connectivity index (χ3v) is 1.67. The molecule has 0 aromatic carbocycles. The number of hydrogen-bond acceptors (Lipinski definition) is 4. The van der Waals surface area contributed by atoms with Crippen molar-refractivity contribution in [1.29, 1.82) is 0 Å². The molecule has 0 spiro atoms. The normalized spacial score (nSPS) is 19.0. The van der Waals surface area contributed by atoms with Crippen LogP contribution in [0.2, 0.25) is 0 Å². The Morgan fingerprint density at radius 2 is 2.00 bits per heavy atom. The summed E-state index contributed by atoms with van der Waals surface area (Å²) in [6, 6.07) is 0. The minimum atomic E-state index is -1.72. The molecule has 0 saturated carbocycles. The zero-order valence-corrected chi connectivity index (χ0v) is 8.70. The molecular formula is C10H19NO3. The van der Waals surface area contributed by atoms with Crippen molar-refractivity contribution in [3.8, 4) is 11.8 Å². The Labute approximate surface area is 84.7 Å². The Morgan fingerprint density at radius 3 is 2.43 bits per heavy atom. The molecular weight excluding hydrogens is 182 g/mol. The summed E-state index contributed by atoms with van der Waals surface area (Å²) in [7, 11) is 0. The monoisotopic (exact) mass is 201 g/mol. The van der Waals surface area contributed by atoms with E-state index >= 15 is 0 Å². The maximum atomic E-state index is 9.49. The van der Waals surface area contributed by atoms with Gasteiger partial charge in [-0.25, -0.2) is 0 Å². The number of rotatable bonds is 4.